The molecule has 0 atom stereocenters. The number of nitrogens with one attached hydrogen (secondary N) is 2. The van der Waals surface area contributed by atoms with Gasteiger partial charge in [0.05, 0.1) is 12.7 Å². The van der Waals surface area contributed by atoms with E-state index in [1.54, 1.807) is 25.1 Å². The van der Waals surface area contributed by atoms with E-state index < -0.39 is 23.2 Å². The SMILES string of the molecule is COC(=O)c1ccc(C(=O)NNC(=O)c2cc3c(C)ccc(C)c3o2)c(C)c1C(C)(C)C. The highest BCUT2D eigenvalue weighted by Crippen LogP contribution is 2.32. The van der Waals surface area contributed by atoms with E-state index in [9.17, 15) is 14.4 Å². The Morgan fingerprint density at radius 1 is 0.875 bits per heavy atom. The lowest BCUT2D eigenvalue weighted by Gasteiger charge is -2.26. The van der Waals surface area contributed by atoms with Crippen LogP contribution in [0, 0.1) is 20.8 Å². The summed E-state index contributed by atoms with van der Waals surface area (Å²) in [6.45, 7) is 11.5. The maximum atomic E-state index is 12.8. The van der Waals surface area contributed by atoms with Crippen molar-refractivity contribution in [3.8, 4) is 0 Å². The molecule has 0 bridgehead atoms. The highest BCUT2D eigenvalue weighted by molar-refractivity contribution is 6.02. The maximum Gasteiger partial charge on any atom is 0.338 e. The molecule has 2 aromatic carbocycles. The Hall–Kier alpha value is -3.61. The Kier molecular flexibility index (Phi) is 6.12. The molecule has 0 saturated heterocycles. The summed E-state index contributed by atoms with van der Waals surface area (Å²) in [6.07, 6.45) is 0. The van der Waals surface area contributed by atoms with Gasteiger partial charge in [-0.2, -0.15) is 0 Å². The van der Waals surface area contributed by atoms with Crippen LogP contribution in [0.3, 0.4) is 0 Å². The summed E-state index contributed by atoms with van der Waals surface area (Å²) in [4.78, 5) is 37.6. The van der Waals surface area contributed by atoms with Gasteiger partial charge in [-0.1, -0.05) is 32.9 Å². The highest BCUT2D eigenvalue weighted by atomic mass is 16.5. The summed E-state index contributed by atoms with van der Waals surface area (Å²) >= 11 is 0. The summed E-state index contributed by atoms with van der Waals surface area (Å²) in [5.74, 6) is -1.42. The molecule has 7 heteroatoms. The first kappa shape index (κ1) is 23.1. The molecular formula is C25H28N2O5. The molecule has 0 aliphatic heterocycles. The van der Waals surface area contributed by atoms with Gasteiger partial charge in [0.25, 0.3) is 5.91 Å². The van der Waals surface area contributed by atoms with Crippen molar-refractivity contribution in [1.82, 2.24) is 10.9 Å². The zero-order chi connectivity index (χ0) is 23.8. The maximum absolute atomic E-state index is 12.8. The van der Waals surface area contributed by atoms with Crippen LogP contribution in [-0.2, 0) is 10.2 Å². The number of hydrazine groups is 1. The lowest BCUT2D eigenvalue weighted by atomic mass is 9.79. The zero-order valence-corrected chi connectivity index (χ0v) is 19.4. The van der Waals surface area contributed by atoms with Gasteiger partial charge in [0, 0.05) is 10.9 Å². The lowest BCUT2D eigenvalue weighted by Crippen LogP contribution is -2.42. The summed E-state index contributed by atoms with van der Waals surface area (Å²) in [5.41, 5.74) is 9.11. The third kappa shape index (κ3) is 4.23. The number of ether oxygens (including phenoxy) is 1. The predicted octanol–water partition coefficient (Wildman–Crippen LogP) is 4.52. The Morgan fingerprint density at radius 3 is 2.06 bits per heavy atom. The van der Waals surface area contributed by atoms with Crippen molar-refractivity contribution < 1.29 is 23.5 Å². The van der Waals surface area contributed by atoms with E-state index >= 15 is 0 Å². The summed E-state index contributed by atoms with van der Waals surface area (Å²) < 4.78 is 10.6. The fraction of sp³-hybridized carbons (Fsp3) is 0.320. The third-order valence-electron chi connectivity index (χ3n) is 5.48. The molecule has 7 nitrogen and oxygen atoms in total. The van der Waals surface area contributed by atoms with E-state index in [0.717, 1.165) is 16.5 Å². The lowest BCUT2D eigenvalue weighted by molar-refractivity contribution is 0.0597. The molecule has 3 aromatic rings. The van der Waals surface area contributed by atoms with E-state index in [1.165, 1.54) is 7.11 Å². The van der Waals surface area contributed by atoms with Crippen LogP contribution in [0.2, 0.25) is 0 Å². The van der Waals surface area contributed by atoms with Crippen molar-refractivity contribution in [2.75, 3.05) is 7.11 Å². The molecule has 0 aliphatic rings. The van der Waals surface area contributed by atoms with Gasteiger partial charge in [-0.25, -0.2) is 4.79 Å². The Morgan fingerprint density at radius 2 is 1.47 bits per heavy atom. The fourth-order valence-corrected chi connectivity index (χ4v) is 3.95. The van der Waals surface area contributed by atoms with Gasteiger partial charge in [-0.3, -0.25) is 20.4 Å². The smallest absolute Gasteiger partial charge is 0.338 e. The number of methoxy groups -OCH3 is 1. The van der Waals surface area contributed by atoms with Gasteiger partial charge < -0.3 is 9.15 Å². The zero-order valence-electron chi connectivity index (χ0n) is 19.4. The van der Waals surface area contributed by atoms with Crippen LogP contribution in [0.1, 0.15) is 74.3 Å². The fourth-order valence-electron chi connectivity index (χ4n) is 3.95. The molecule has 2 amide bonds. The number of carbonyl (C=O) groups is 3. The van der Waals surface area contributed by atoms with Crippen molar-refractivity contribution in [3.05, 3.63) is 69.5 Å². The Balaban J connectivity index is 1.85. The van der Waals surface area contributed by atoms with E-state index in [4.69, 9.17) is 9.15 Å². The Bertz CT molecular complexity index is 1190. The molecule has 1 aromatic heterocycles. The number of benzene rings is 2. The molecule has 0 aliphatic carbocycles. The number of hydrogen-bond donors (Lipinski definition) is 2. The van der Waals surface area contributed by atoms with Crippen LogP contribution < -0.4 is 10.9 Å². The first-order valence-corrected chi connectivity index (χ1v) is 10.3. The number of amides is 2. The topological polar surface area (TPSA) is 97.6 Å². The average Bonchev–Trinajstić information content (AvgIpc) is 3.19. The molecule has 0 spiro atoms. The number of furan rings is 1. The van der Waals surface area contributed by atoms with Crippen LogP contribution in [0.4, 0.5) is 0 Å². The number of fused-ring (bicyclic) bond motifs is 1. The van der Waals surface area contributed by atoms with Gasteiger partial charge >= 0.3 is 11.9 Å². The predicted molar refractivity (Wildman–Crippen MR) is 122 cm³/mol. The van der Waals surface area contributed by atoms with Gasteiger partial charge in [0.15, 0.2) is 5.76 Å². The van der Waals surface area contributed by atoms with E-state index in [2.05, 4.69) is 10.9 Å². The van der Waals surface area contributed by atoms with E-state index in [1.807, 2.05) is 46.8 Å². The van der Waals surface area contributed by atoms with Crippen molar-refractivity contribution in [2.24, 2.45) is 0 Å². The molecule has 0 unspecified atom stereocenters. The molecule has 168 valence electrons. The quantitative estimate of drug-likeness (QED) is 0.465. The molecular weight excluding hydrogens is 408 g/mol. The van der Waals surface area contributed by atoms with Gasteiger partial charge in [0.2, 0.25) is 0 Å². The average molecular weight is 437 g/mol. The monoisotopic (exact) mass is 436 g/mol. The second kappa shape index (κ2) is 8.49. The minimum atomic E-state index is -0.562. The first-order valence-electron chi connectivity index (χ1n) is 10.3. The number of esters is 1. The van der Waals surface area contributed by atoms with Crippen molar-refractivity contribution in [2.45, 2.75) is 47.0 Å². The van der Waals surface area contributed by atoms with Gasteiger partial charge in [-0.05, 0) is 66.6 Å². The van der Waals surface area contributed by atoms with Gasteiger partial charge in [0.1, 0.15) is 5.58 Å². The van der Waals surface area contributed by atoms with Crippen LogP contribution >= 0.6 is 0 Å². The second-order valence-corrected chi connectivity index (χ2v) is 8.86. The van der Waals surface area contributed by atoms with Crippen molar-refractivity contribution in [1.29, 1.82) is 0 Å². The highest BCUT2D eigenvalue weighted by Gasteiger charge is 2.27. The molecule has 0 saturated carbocycles. The minimum absolute atomic E-state index is 0.103. The standard InChI is InChI=1S/C25H28N2O5/c1-13-8-9-14(2)21-18(13)12-19(32-21)23(29)27-26-22(28)16-10-11-17(24(30)31-7)20(15(16)3)25(4,5)6/h8-12H,1-7H3,(H,26,28)(H,27,29). The number of carbonyl (C=O) groups excluding carboxylic acids is 3. The largest absolute Gasteiger partial charge is 0.465 e. The number of rotatable bonds is 3. The normalized spacial score (nSPS) is 11.3. The van der Waals surface area contributed by atoms with Crippen molar-refractivity contribution in [3.63, 3.8) is 0 Å². The molecule has 32 heavy (non-hydrogen) atoms. The van der Waals surface area contributed by atoms with Crippen LogP contribution in [0.5, 0.6) is 0 Å². The van der Waals surface area contributed by atoms with Crippen LogP contribution in [0.25, 0.3) is 11.0 Å². The van der Waals surface area contributed by atoms with Gasteiger partial charge in [-0.15, -0.1) is 0 Å². The van der Waals surface area contributed by atoms with Crippen molar-refractivity contribution >= 4 is 28.8 Å². The van der Waals surface area contributed by atoms with Crippen LogP contribution in [0.15, 0.2) is 34.7 Å². The molecule has 0 radical (unpaired) electrons. The summed E-state index contributed by atoms with van der Waals surface area (Å²) in [5, 5.41) is 0.852. The van der Waals surface area contributed by atoms with Crippen LogP contribution in [-0.4, -0.2) is 24.9 Å². The number of hydrogen-bond acceptors (Lipinski definition) is 5. The third-order valence-corrected chi connectivity index (χ3v) is 5.48. The van der Waals surface area contributed by atoms with E-state index in [-0.39, 0.29) is 5.76 Å². The second-order valence-electron chi connectivity index (χ2n) is 8.86. The van der Waals surface area contributed by atoms with E-state index in [0.29, 0.717) is 27.8 Å². The molecule has 3 rings (SSSR count). The molecule has 1 heterocycles. The number of aryl methyl sites for hydroxylation is 2. The molecule has 2 N–H and O–H groups in total. The Labute approximate surface area is 187 Å². The first-order chi connectivity index (χ1) is 15.0. The summed E-state index contributed by atoms with van der Waals surface area (Å²) in [7, 11) is 1.32. The minimum Gasteiger partial charge on any atom is -0.465 e. The summed E-state index contributed by atoms with van der Waals surface area (Å²) in [6, 6.07) is 8.67. The molecule has 0 fully saturated rings.